The monoisotopic (exact) mass is 621 g/mol. The molecule has 1 aromatic carbocycles. The summed E-state index contributed by atoms with van der Waals surface area (Å²) in [6, 6.07) is 8.26. The molecule has 11 atom stereocenters. The van der Waals surface area contributed by atoms with Gasteiger partial charge < -0.3 is 47.9 Å². The molecule has 3 heterocycles. The Balaban J connectivity index is 1.73. The topological polar surface area (TPSA) is 163 Å². The minimum atomic E-state index is -1.38. The Bertz CT molecular complexity index is 1180. The van der Waals surface area contributed by atoms with Crippen molar-refractivity contribution in [2.24, 2.45) is 0 Å². The molecule has 1 amide bonds. The molecule has 14 nitrogen and oxygen atoms in total. The zero-order valence-corrected chi connectivity index (χ0v) is 25.2. The SMILES string of the molecule is C=CCO[C@@H]1OC2COC(c3ccccc3)O[C@@H]2[C@H](O[C@@H]2OC(C)[C@H](OC(C)=O)[C@H](OC(C)=O)C2OC(C)=O)C1NC(C)=O. The molecule has 0 spiro atoms. The molecule has 5 unspecified atom stereocenters. The van der Waals surface area contributed by atoms with Gasteiger partial charge in [-0.25, -0.2) is 0 Å². The van der Waals surface area contributed by atoms with Crippen LogP contribution in [0.2, 0.25) is 0 Å². The highest BCUT2D eigenvalue weighted by Gasteiger charge is 2.56. The fourth-order valence-corrected chi connectivity index (χ4v) is 5.44. The van der Waals surface area contributed by atoms with E-state index in [9.17, 15) is 19.2 Å². The third-order valence-corrected chi connectivity index (χ3v) is 7.08. The van der Waals surface area contributed by atoms with Crippen molar-refractivity contribution < 1.29 is 61.8 Å². The first kappa shape index (κ1) is 33.5. The van der Waals surface area contributed by atoms with Crippen molar-refractivity contribution in [3.05, 3.63) is 48.6 Å². The molecule has 1 aromatic rings. The van der Waals surface area contributed by atoms with Crippen molar-refractivity contribution in [1.82, 2.24) is 5.32 Å². The van der Waals surface area contributed by atoms with E-state index in [0.29, 0.717) is 0 Å². The molecule has 0 radical (unpaired) electrons. The van der Waals surface area contributed by atoms with Gasteiger partial charge in [0.1, 0.15) is 24.4 Å². The lowest BCUT2D eigenvalue weighted by atomic mass is 9.94. The molecule has 4 rings (SSSR count). The molecule has 3 aliphatic heterocycles. The predicted octanol–water partition coefficient (Wildman–Crippen LogP) is 1.46. The van der Waals surface area contributed by atoms with E-state index < -0.39 is 91.5 Å². The molecule has 1 N–H and O–H groups in total. The highest BCUT2D eigenvalue weighted by molar-refractivity contribution is 5.73. The third kappa shape index (κ3) is 8.20. The van der Waals surface area contributed by atoms with Gasteiger partial charge in [-0.2, -0.15) is 0 Å². The molecule has 0 bridgehead atoms. The summed E-state index contributed by atoms with van der Waals surface area (Å²) in [5, 5.41) is 2.83. The molecule has 3 aliphatic rings. The summed E-state index contributed by atoms with van der Waals surface area (Å²) in [7, 11) is 0. The maximum atomic E-state index is 12.4. The summed E-state index contributed by atoms with van der Waals surface area (Å²) in [4.78, 5) is 48.8. The van der Waals surface area contributed by atoms with Gasteiger partial charge in [0, 0.05) is 33.3 Å². The van der Waals surface area contributed by atoms with Crippen LogP contribution in [0.3, 0.4) is 0 Å². The second kappa shape index (κ2) is 15.1. The Kier molecular flexibility index (Phi) is 11.5. The molecule has 242 valence electrons. The van der Waals surface area contributed by atoms with Crippen molar-refractivity contribution >= 4 is 23.8 Å². The van der Waals surface area contributed by atoms with Crippen molar-refractivity contribution in [3.8, 4) is 0 Å². The number of ether oxygens (including phenoxy) is 9. The van der Waals surface area contributed by atoms with E-state index in [4.69, 9.17) is 42.6 Å². The van der Waals surface area contributed by atoms with Crippen molar-refractivity contribution in [2.75, 3.05) is 13.2 Å². The molecule has 14 heteroatoms. The molecular formula is C30H39NO13. The van der Waals surface area contributed by atoms with Gasteiger partial charge in [0.2, 0.25) is 5.91 Å². The van der Waals surface area contributed by atoms with Gasteiger partial charge >= 0.3 is 17.9 Å². The van der Waals surface area contributed by atoms with Crippen molar-refractivity contribution in [3.63, 3.8) is 0 Å². The van der Waals surface area contributed by atoms with E-state index in [1.807, 2.05) is 30.3 Å². The van der Waals surface area contributed by atoms with Crippen LogP contribution < -0.4 is 5.32 Å². The fourth-order valence-electron chi connectivity index (χ4n) is 5.44. The highest BCUT2D eigenvalue weighted by atomic mass is 16.8. The van der Waals surface area contributed by atoms with Crippen LogP contribution in [0.5, 0.6) is 0 Å². The van der Waals surface area contributed by atoms with Gasteiger partial charge in [-0.1, -0.05) is 36.4 Å². The molecule has 3 fully saturated rings. The lowest BCUT2D eigenvalue weighted by Crippen LogP contribution is -2.69. The molecule has 3 saturated heterocycles. The van der Waals surface area contributed by atoms with Gasteiger partial charge in [-0.3, -0.25) is 19.2 Å². The van der Waals surface area contributed by atoms with Gasteiger partial charge in [0.15, 0.2) is 37.2 Å². The van der Waals surface area contributed by atoms with E-state index in [-0.39, 0.29) is 13.2 Å². The zero-order chi connectivity index (χ0) is 32.0. The van der Waals surface area contributed by atoms with Gasteiger partial charge in [0.25, 0.3) is 0 Å². The van der Waals surface area contributed by atoms with E-state index in [0.717, 1.165) is 12.5 Å². The van der Waals surface area contributed by atoms with Crippen LogP contribution in [0.25, 0.3) is 0 Å². The molecular weight excluding hydrogens is 582 g/mol. The lowest BCUT2D eigenvalue weighted by molar-refractivity contribution is -0.376. The van der Waals surface area contributed by atoms with E-state index in [2.05, 4.69) is 11.9 Å². The average Bonchev–Trinajstić information content (AvgIpc) is 2.96. The average molecular weight is 622 g/mol. The zero-order valence-electron chi connectivity index (χ0n) is 25.2. The van der Waals surface area contributed by atoms with E-state index in [1.54, 1.807) is 6.92 Å². The van der Waals surface area contributed by atoms with Crippen LogP contribution in [-0.4, -0.2) is 98.4 Å². The van der Waals surface area contributed by atoms with Crippen LogP contribution >= 0.6 is 0 Å². The highest BCUT2D eigenvalue weighted by Crippen LogP contribution is 2.38. The van der Waals surface area contributed by atoms with Crippen LogP contribution in [0.4, 0.5) is 0 Å². The first-order valence-corrected chi connectivity index (χ1v) is 14.3. The standard InChI is InChI=1S/C30H39NO13/c1-7-13-36-29-22(31-16(3)32)25(24-21(42-29)14-37-28(43-24)20-11-9-8-10-12-20)44-30-27(41-19(6)35)26(40-18(5)34)23(15(2)38-30)39-17(4)33/h7-12,15,21-30H,1,13-14H2,2-6H3,(H,31,32)/t15?,21?,22?,23-,24-,25+,26-,27?,28?,29+,30-/m0/s1. The molecule has 0 aliphatic carbocycles. The first-order valence-electron chi connectivity index (χ1n) is 14.3. The maximum absolute atomic E-state index is 12.4. The predicted molar refractivity (Wildman–Crippen MR) is 148 cm³/mol. The quantitative estimate of drug-likeness (QED) is 0.227. The van der Waals surface area contributed by atoms with Crippen LogP contribution in [0.1, 0.15) is 46.5 Å². The normalized spacial score (nSPS) is 35.0. The summed E-state index contributed by atoms with van der Waals surface area (Å²) in [5.41, 5.74) is 0.741. The van der Waals surface area contributed by atoms with Crippen molar-refractivity contribution in [1.29, 1.82) is 0 Å². The third-order valence-electron chi connectivity index (χ3n) is 7.08. The Morgan fingerprint density at radius 2 is 1.50 bits per heavy atom. The summed E-state index contributed by atoms with van der Waals surface area (Å²) in [6.45, 7) is 10.3. The Morgan fingerprint density at radius 3 is 2.11 bits per heavy atom. The van der Waals surface area contributed by atoms with Gasteiger partial charge in [-0.05, 0) is 6.92 Å². The second-order valence-electron chi connectivity index (χ2n) is 10.6. The number of nitrogens with one attached hydrogen (secondary N) is 1. The largest absolute Gasteiger partial charge is 0.456 e. The molecule has 0 saturated carbocycles. The first-order chi connectivity index (χ1) is 21.0. The number of rotatable bonds is 10. The number of amides is 1. The minimum Gasteiger partial charge on any atom is -0.456 e. The van der Waals surface area contributed by atoms with Crippen LogP contribution in [0.15, 0.2) is 43.0 Å². The fraction of sp³-hybridized carbons (Fsp3) is 0.600. The summed E-state index contributed by atoms with van der Waals surface area (Å²) >= 11 is 0. The van der Waals surface area contributed by atoms with Crippen molar-refractivity contribution in [2.45, 2.75) is 102 Å². The second-order valence-corrected chi connectivity index (χ2v) is 10.6. The Hall–Kier alpha value is -3.40. The van der Waals surface area contributed by atoms with Crippen LogP contribution in [0, 0.1) is 0 Å². The number of hydrogen-bond donors (Lipinski definition) is 1. The number of fused-ring (bicyclic) bond motifs is 1. The van der Waals surface area contributed by atoms with Gasteiger partial charge in [-0.15, -0.1) is 6.58 Å². The van der Waals surface area contributed by atoms with Crippen LogP contribution in [-0.2, 0) is 61.8 Å². The minimum absolute atomic E-state index is 0.0880. The number of hydrogen-bond acceptors (Lipinski definition) is 13. The van der Waals surface area contributed by atoms with E-state index in [1.165, 1.54) is 26.8 Å². The number of esters is 3. The summed E-state index contributed by atoms with van der Waals surface area (Å²) in [5.74, 6) is -2.52. The lowest BCUT2D eigenvalue weighted by Gasteiger charge is -2.51. The van der Waals surface area contributed by atoms with Gasteiger partial charge in [0.05, 0.1) is 19.3 Å². The number of carbonyl (C=O) groups is 4. The Morgan fingerprint density at radius 1 is 0.864 bits per heavy atom. The summed E-state index contributed by atoms with van der Waals surface area (Å²) in [6.07, 6.45) is -8.98. The maximum Gasteiger partial charge on any atom is 0.303 e. The molecule has 44 heavy (non-hydrogen) atoms. The number of carbonyl (C=O) groups excluding carboxylic acids is 4. The Labute approximate surface area is 255 Å². The summed E-state index contributed by atoms with van der Waals surface area (Å²) < 4.78 is 53.6. The number of benzene rings is 1. The smallest absolute Gasteiger partial charge is 0.303 e. The molecule has 0 aromatic heterocycles. The van der Waals surface area contributed by atoms with E-state index >= 15 is 0 Å².